The molecule has 2 fully saturated rings. The van der Waals surface area contributed by atoms with Gasteiger partial charge in [-0.2, -0.15) is 0 Å². The van der Waals surface area contributed by atoms with Gasteiger partial charge in [0.1, 0.15) is 0 Å². The molecule has 0 unspecified atom stereocenters. The summed E-state index contributed by atoms with van der Waals surface area (Å²) in [6, 6.07) is 0.966. The van der Waals surface area contributed by atoms with Crippen LogP contribution < -0.4 is 5.73 Å². The van der Waals surface area contributed by atoms with Crippen LogP contribution in [0.4, 0.5) is 0 Å². The smallest absolute Gasteiger partial charge is 0.00965 e. The Morgan fingerprint density at radius 2 is 1.79 bits per heavy atom. The van der Waals surface area contributed by atoms with Crippen molar-refractivity contribution in [2.45, 2.75) is 51.0 Å². The largest absolute Gasteiger partial charge is 0.330 e. The number of hydrogen-bond donors (Lipinski definition) is 1. The van der Waals surface area contributed by atoms with E-state index in [9.17, 15) is 0 Å². The second-order valence-corrected chi connectivity index (χ2v) is 5.02. The molecule has 0 amide bonds. The maximum atomic E-state index is 5.49. The summed E-state index contributed by atoms with van der Waals surface area (Å²) in [7, 11) is 0. The number of nitrogens with two attached hydrogens (primary N) is 1. The maximum Gasteiger partial charge on any atom is 0.00965 e. The second-order valence-electron chi connectivity index (χ2n) is 5.02. The van der Waals surface area contributed by atoms with Crippen LogP contribution in [0.25, 0.3) is 0 Å². The molecule has 0 radical (unpaired) electrons. The van der Waals surface area contributed by atoms with Crippen LogP contribution in [-0.4, -0.2) is 30.6 Å². The lowest BCUT2D eigenvalue weighted by molar-refractivity contribution is 0.247. The second kappa shape index (κ2) is 5.13. The van der Waals surface area contributed by atoms with Crippen LogP contribution in [0.5, 0.6) is 0 Å². The van der Waals surface area contributed by atoms with E-state index in [0.717, 1.165) is 18.5 Å². The molecule has 0 spiro atoms. The lowest BCUT2D eigenvalue weighted by Gasteiger charge is -2.21. The Balaban J connectivity index is 1.57. The third-order valence-corrected chi connectivity index (χ3v) is 3.40. The molecule has 0 atom stereocenters. The van der Waals surface area contributed by atoms with Crippen molar-refractivity contribution >= 4 is 0 Å². The molecule has 2 rings (SSSR count). The summed E-state index contributed by atoms with van der Waals surface area (Å²) in [5, 5.41) is 0. The number of unbranched alkanes of at least 4 members (excludes halogenated alkanes) is 2. The lowest BCUT2D eigenvalue weighted by atomic mass is 10.2. The monoisotopic (exact) mass is 196 g/mol. The minimum Gasteiger partial charge on any atom is -0.330 e. The summed E-state index contributed by atoms with van der Waals surface area (Å²) in [5.41, 5.74) is 5.49. The summed E-state index contributed by atoms with van der Waals surface area (Å²) >= 11 is 0. The van der Waals surface area contributed by atoms with Crippen molar-refractivity contribution in [2.24, 2.45) is 11.7 Å². The normalized spacial score (nSPS) is 21.9. The fourth-order valence-electron chi connectivity index (χ4n) is 2.13. The van der Waals surface area contributed by atoms with Gasteiger partial charge in [0, 0.05) is 12.6 Å². The molecular weight excluding hydrogens is 172 g/mol. The van der Waals surface area contributed by atoms with E-state index in [2.05, 4.69) is 4.90 Å². The summed E-state index contributed by atoms with van der Waals surface area (Å²) in [5.74, 6) is 1.06. The first kappa shape index (κ1) is 10.4. The fourth-order valence-corrected chi connectivity index (χ4v) is 2.13. The van der Waals surface area contributed by atoms with E-state index >= 15 is 0 Å². The molecule has 2 aliphatic carbocycles. The zero-order valence-corrected chi connectivity index (χ0v) is 9.25. The molecule has 0 heterocycles. The highest BCUT2D eigenvalue weighted by Crippen LogP contribution is 2.34. The molecule has 0 aliphatic heterocycles. The highest BCUT2D eigenvalue weighted by Gasteiger charge is 2.32. The van der Waals surface area contributed by atoms with Gasteiger partial charge in [-0.1, -0.05) is 6.42 Å². The van der Waals surface area contributed by atoms with E-state index in [4.69, 9.17) is 5.73 Å². The zero-order chi connectivity index (χ0) is 9.80. The average Bonchev–Trinajstić information content (AvgIpc) is 3.02. The van der Waals surface area contributed by atoms with Crippen LogP contribution in [0.15, 0.2) is 0 Å². The summed E-state index contributed by atoms with van der Waals surface area (Å²) in [6.45, 7) is 3.60. The first-order chi connectivity index (χ1) is 6.90. The zero-order valence-electron chi connectivity index (χ0n) is 9.25. The van der Waals surface area contributed by atoms with Gasteiger partial charge >= 0.3 is 0 Å². The molecule has 2 saturated carbocycles. The highest BCUT2D eigenvalue weighted by molar-refractivity contribution is 4.88. The molecule has 0 saturated heterocycles. The van der Waals surface area contributed by atoms with E-state index in [1.807, 2.05) is 0 Å². The molecule has 14 heavy (non-hydrogen) atoms. The van der Waals surface area contributed by atoms with Crippen molar-refractivity contribution in [3.8, 4) is 0 Å². The first-order valence-corrected chi connectivity index (χ1v) is 6.34. The van der Waals surface area contributed by atoms with Crippen molar-refractivity contribution in [3.05, 3.63) is 0 Å². The Kier molecular flexibility index (Phi) is 3.82. The molecule has 2 heteroatoms. The van der Waals surface area contributed by atoms with Crippen molar-refractivity contribution in [1.82, 2.24) is 4.90 Å². The van der Waals surface area contributed by atoms with Gasteiger partial charge in [-0.15, -0.1) is 0 Å². The Hall–Kier alpha value is -0.0800. The minimum atomic E-state index is 0.867. The molecule has 2 aliphatic rings. The van der Waals surface area contributed by atoms with Gasteiger partial charge in [-0.05, 0) is 57.5 Å². The van der Waals surface area contributed by atoms with Crippen molar-refractivity contribution in [2.75, 3.05) is 19.6 Å². The van der Waals surface area contributed by atoms with Crippen molar-refractivity contribution in [3.63, 3.8) is 0 Å². The van der Waals surface area contributed by atoms with Crippen LogP contribution in [0.1, 0.15) is 44.9 Å². The SMILES string of the molecule is NCCCCCN(CC1CC1)C1CC1. The molecule has 2 nitrogen and oxygen atoms in total. The van der Waals surface area contributed by atoms with E-state index in [1.165, 1.54) is 58.0 Å². The van der Waals surface area contributed by atoms with E-state index in [0.29, 0.717) is 0 Å². The molecular formula is C12H24N2. The molecule has 2 N–H and O–H groups in total. The van der Waals surface area contributed by atoms with Crippen LogP contribution >= 0.6 is 0 Å². The topological polar surface area (TPSA) is 29.3 Å². The standard InChI is InChI=1S/C12H24N2/c13-8-2-1-3-9-14(12-6-7-12)10-11-4-5-11/h11-12H,1-10,13H2. The third-order valence-electron chi connectivity index (χ3n) is 3.40. The minimum absolute atomic E-state index is 0.867. The number of nitrogens with zero attached hydrogens (tertiary/aromatic N) is 1. The Labute approximate surface area is 87.8 Å². The Morgan fingerprint density at radius 3 is 2.36 bits per heavy atom. The predicted molar refractivity (Wildman–Crippen MR) is 60.2 cm³/mol. The Morgan fingerprint density at radius 1 is 1.00 bits per heavy atom. The van der Waals surface area contributed by atoms with Crippen LogP contribution in [0, 0.1) is 5.92 Å². The van der Waals surface area contributed by atoms with Crippen LogP contribution in [0.3, 0.4) is 0 Å². The van der Waals surface area contributed by atoms with Crippen molar-refractivity contribution < 1.29 is 0 Å². The summed E-state index contributed by atoms with van der Waals surface area (Å²) in [6.07, 6.45) is 9.80. The van der Waals surface area contributed by atoms with Gasteiger partial charge in [-0.3, -0.25) is 0 Å². The molecule has 82 valence electrons. The predicted octanol–water partition coefficient (Wildman–Crippen LogP) is 1.99. The van der Waals surface area contributed by atoms with Crippen molar-refractivity contribution in [1.29, 1.82) is 0 Å². The van der Waals surface area contributed by atoms with Gasteiger partial charge in [-0.25, -0.2) is 0 Å². The van der Waals surface area contributed by atoms with Gasteiger partial charge < -0.3 is 10.6 Å². The van der Waals surface area contributed by atoms with Gasteiger partial charge in [0.15, 0.2) is 0 Å². The van der Waals surface area contributed by atoms with Gasteiger partial charge in [0.2, 0.25) is 0 Å². The van der Waals surface area contributed by atoms with Gasteiger partial charge in [0.05, 0.1) is 0 Å². The average molecular weight is 196 g/mol. The third kappa shape index (κ3) is 3.58. The van der Waals surface area contributed by atoms with Crippen LogP contribution in [0.2, 0.25) is 0 Å². The van der Waals surface area contributed by atoms with Gasteiger partial charge in [0.25, 0.3) is 0 Å². The number of hydrogen-bond acceptors (Lipinski definition) is 2. The maximum absolute atomic E-state index is 5.49. The highest BCUT2D eigenvalue weighted by atomic mass is 15.2. The molecule has 0 aromatic rings. The fraction of sp³-hybridized carbons (Fsp3) is 1.00. The molecule has 0 bridgehead atoms. The lowest BCUT2D eigenvalue weighted by Crippen LogP contribution is -2.29. The Bertz CT molecular complexity index is 162. The number of rotatable bonds is 8. The molecule has 0 aromatic heterocycles. The summed E-state index contributed by atoms with van der Waals surface area (Å²) < 4.78 is 0. The van der Waals surface area contributed by atoms with Crippen LogP contribution in [-0.2, 0) is 0 Å². The molecule has 0 aromatic carbocycles. The van der Waals surface area contributed by atoms with E-state index in [1.54, 1.807) is 0 Å². The first-order valence-electron chi connectivity index (χ1n) is 6.34. The summed E-state index contributed by atoms with van der Waals surface area (Å²) in [4.78, 5) is 2.74. The quantitative estimate of drug-likeness (QED) is 0.602. The van der Waals surface area contributed by atoms with E-state index < -0.39 is 0 Å². The van der Waals surface area contributed by atoms with E-state index in [-0.39, 0.29) is 0 Å².